The molecule has 0 saturated heterocycles. The van der Waals surface area contributed by atoms with Crippen molar-refractivity contribution in [1.29, 1.82) is 0 Å². The number of likely N-dealkylation sites (N-methyl/N-ethyl adjacent to an activating group) is 1. The first-order valence-electron chi connectivity index (χ1n) is 9.25. The van der Waals surface area contributed by atoms with Crippen molar-refractivity contribution in [3.8, 4) is 11.4 Å². The maximum absolute atomic E-state index is 13.2. The molecule has 0 N–H and O–H groups in total. The zero-order chi connectivity index (χ0) is 21.1. The highest BCUT2D eigenvalue weighted by Gasteiger charge is 2.23. The Morgan fingerprint density at radius 2 is 1.93 bits per heavy atom. The SMILES string of the molecule is Cc1nn(-c2ccccc2)c(C)c1CN(C)C(=O)C(C)Oc1ccc(F)cc1Br. The van der Waals surface area contributed by atoms with Crippen LogP contribution in [0.15, 0.2) is 53.0 Å². The van der Waals surface area contributed by atoms with E-state index >= 15 is 0 Å². The van der Waals surface area contributed by atoms with E-state index in [9.17, 15) is 9.18 Å². The predicted molar refractivity (Wildman–Crippen MR) is 114 cm³/mol. The molecule has 1 heterocycles. The lowest BCUT2D eigenvalue weighted by Gasteiger charge is -2.23. The highest BCUT2D eigenvalue weighted by molar-refractivity contribution is 9.10. The van der Waals surface area contributed by atoms with Crippen LogP contribution in [0.5, 0.6) is 5.75 Å². The molecule has 1 amide bonds. The van der Waals surface area contributed by atoms with Crippen LogP contribution in [0.3, 0.4) is 0 Å². The fourth-order valence-corrected chi connectivity index (χ4v) is 3.61. The van der Waals surface area contributed by atoms with Gasteiger partial charge in [-0.3, -0.25) is 4.79 Å². The molecule has 0 radical (unpaired) electrons. The minimum absolute atomic E-state index is 0.174. The molecule has 7 heteroatoms. The summed E-state index contributed by atoms with van der Waals surface area (Å²) < 4.78 is 21.3. The van der Waals surface area contributed by atoms with E-state index in [-0.39, 0.29) is 11.7 Å². The summed E-state index contributed by atoms with van der Waals surface area (Å²) in [6, 6.07) is 14.0. The first-order chi connectivity index (χ1) is 13.8. The van der Waals surface area contributed by atoms with Gasteiger partial charge in [0, 0.05) is 24.8 Å². The van der Waals surface area contributed by atoms with Crippen LogP contribution in [0.4, 0.5) is 4.39 Å². The van der Waals surface area contributed by atoms with Crippen LogP contribution in [0.2, 0.25) is 0 Å². The van der Waals surface area contributed by atoms with Gasteiger partial charge < -0.3 is 9.64 Å². The van der Waals surface area contributed by atoms with Crippen molar-refractivity contribution in [3.63, 3.8) is 0 Å². The zero-order valence-corrected chi connectivity index (χ0v) is 18.4. The van der Waals surface area contributed by atoms with Crippen molar-refractivity contribution in [3.05, 3.63) is 75.8 Å². The lowest BCUT2D eigenvalue weighted by molar-refractivity contribution is -0.137. The predicted octanol–water partition coefficient (Wildman–Crippen LogP) is 4.82. The number of aromatic nitrogens is 2. The number of hydrogen-bond donors (Lipinski definition) is 0. The van der Waals surface area contributed by atoms with Gasteiger partial charge in [0.05, 0.1) is 15.9 Å². The van der Waals surface area contributed by atoms with E-state index in [1.165, 1.54) is 18.2 Å². The molecule has 0 aliphatic rings. The van der Waals surface area contributed by atoms with Gasteiger partial charge in [0.2, 0.25) is 0 Å². The number of para-hydroxylation sites is 1. The second kappa shape index (κ2) is 8.78. The third-order valence-corrected chi connectivity index (χ3v) is 5.38. The molecule has 0 aliphatic carbocycles. The van der Waals surface area contributed by atoms with E-state index in [1.807, 2.05) is 48.9 Å². The third-order valence-electron chi connectivity index (χ3n) is 4.76. The molecule has 1 aromatic heterocycles. The number of benzene rings is 2. The molecule has 152 valence electrons. The number of halogens is 2. The first kappa shape index (κ1) is 21.0. The van der Waals surface area contributed by atoms with Gasteiger partial charge in [-0.1, -0.05) is 18.2 Å². The Morgan fingerprint density at radius 1 is 1.24 bits per heavy atom. The molecule has 2 aromatic carbocycles. The minimum atomic E-state index is -0.716. The summed E-state index contributed by atoms with van der Waals surface area (Å²) in [5.41, 5.74) is 3.84. The lowest BCUT2D eigenvalue weighted by atomic mass is 10.1. The van der Waals surface area contributed by atoms with Crippen LogP contribution in [-0.4, -0.2) is 33.7 Å². The largest absolute Gasteiger partial charge is 0.480 e. The molecular formula is C22H23BrFN3O2. The van der Waals surface area contributed by atoms with Gasteiger partial charge in [-0.05, 0) is 67.0 Å². The van der Waals surface area contributed by atoms with Crippen LogP contribution in [0, 0.1) is 19.7 Å². The highest BCUT2D eigenvalue weighted by atomic mass is 79.9. The van der Waals surface area contributed by atoms with Gasteiger partial charge in [0.15, 0.2) is 6.10 Å². The van der Waals surface area contributed by atoms with Crippen molar-refractivity contribution in [2.24, 2.45) is 0 Å². The number of aryl methyl sites for hydroxylation is 1. The summed E-state index contributed by atoms with van der Waals surface area (Å²) in [7, 11) is 1.74. The normalized spacial score (nSPS) is 11.9. The summed E-state index contributed by atoms with van der Waals surface area (Å²) in [5, 5.41) is 4.63. The lowest BCUT2D eigenvalue weighted by Crippen LogP contribution is -2.37. The molecule has 3 rings (SSSR count). The second-order valence-electron chi connectivity index (χ2n) is 6.93. The minimum Gasteiger partial charge on any atom is -0.480 e. The average molecular weight is 460 g/mol. The van der Waals surface area contributed by atoms with Crippen molar-refractivity contribution < 1.29 is 13.9 Å². The quantitative estimate of drug-likeness (QED) is 0.530. The zero-order valence-electron chi connectivity index (χ0n) is 16.8. The van der Waals surface area contributed by atoms with Crippen molar-refractivity contribution in [1.82, 2.24) is 14.7 Å². The van der Waals surface area contributed by atoms with Gasteiger partial charge >= 0.3 is 0 Å². The third kappa shape index (κ3) is 4.67. The Hall–Kier alpha value is -2.67. The summed E-state index contributed by atoms with van der Waals surface area (Å²) in [5.74, 6) is -0.126. The number of nitrogens with zero attached hydrogens (tertiary/aromatic N) is 3. The fraction of sp³-hybridized carbons (Fsp3) is 0.273. The van der Waals surface area contributed by atoms with Crippen molar-refractivity contribution >= 4 is 21.8 Å². The summed E-state index contributed by atoms with van der Waals surface area (Å²) >= 11 is 3.26. The maximum Gasteiger partial charge on any atom is 0.263 e. The highest BCUT2D eigenvalue weighted by Crippen LogP contribution is 2.27. The Balaban J connectivity index is 1.73. The Bertz CT molecular complexity index is 1020. The van der Waals surface area contributed by atoms with E-state index in [0.717, 1.165) is 22.6 Å². The summed E-state index contributed by atoms with van der Waals surface area (Å²) in [6.07, 6.45) is -0.716. The van der Waals surface area contributed by atoms with Gasteiger partial charge in [-0.2, -0.15) is 5.10 Å². The van der Waals surface area contributed by atoms with Crippen molar-refractivity contribution in [2.45, 2.75) is 33.4 Å². The van der Waals surface area contributed by atoms with Crippen LogP contribution in [0.1, 0.15) is 23.9 Å². The second-order valence-corrected chi connectivity index (χ2v) is 7.78. The van der Waals surface area contributed by atoms with E-state index in [0.29, 0.717) is 16.8 Å². The van der Waals surface area contributed by atoms with E-state index in [1.54, 1.807) is 18.9 Å². The van der Waals surface area contributed by atoms with Crippen LogP contribution >= 0.6 is 15.9 Å². The molecule has 3 aromatic rings. The topological polar surface area (TPSA) is 47.4 Å². The summed E-state index contributed by atoms with van der Waals surface area (Å²) in [4.78, 5) is 14.4. The molecule has 1 unspecified atom stereocenters. The molecular weight excluding hydrogens is 437 g/mol. The Kier molecular flexibility index (Phi) is 6.37. The Morgan fingerprint density at radius 3 is 2.59 bits per heavy atom. The van der Waals surface area contributed by atoms with Crippen LogP contribution in [-0.2, 0) is 11.3 Å². The number of carbonyl (C=O) groups is 1. The molecule has 29 heavy (non-hydrogen) atoms. The summed E-state index contributed by atoms with van der Waals surface area (Å²) in [6.45, 7) is 6.04. The number of ether oxygens (including phenoxy) is 1. The molecule has 0 spiro atoms. The van der Waals surface area contributed by atoms with E-state index in [4.69, 9.17) is 4.74 Å². The van der Waals surface area contributed by atoms with Gasteiger partial charge in [0.25, 0.3) is 5.91 Å². The standard InChI is InChI=1S/C22H23BrFN3O2/c1-14-19(15(2)27(25-14)18-8-6-5-7-9-18)13-26(4)22(28)16(3)29-21-11-10-17(24)12-20(21)23/h5-12,16H,13H2,1-4H3. The number of hydrogen-bond acceptors (Lipinski definition) is 3. The smallest absolute Gasteiger partial charge is 0.263 e. The Labute approximate surface area is 178 Å². The van der Waals surface area contributed by atoms with Gasteiger partial charge in [0.1, 0.15) is 11.6 Å². The fourth-order valence-electron chi connectivity index (χ4n) is 3.16. The van der Waals surface area contributed by atoms with Crippen molar-refractivity contribution in [2.75, 3.05) is 7.05 Å². The molecule has 0 fully saturated rings. The molecule has 0 saturated carbocycles. The number of amides is 1. The van der Waals surface area contributed by atoms with Crippen LogP contribution in [0.25, 0.3) is 5.69 Å². The molecule has 0 aliphatic heterocycles. The van der Waals surface area contributed by atoms with E-state index in [2.05, 4.69) is 21.0 Å². The van der Waals surface area contributed by atoms with Crippen LogP contribution < -0.4 is 4.74 Å². The van der Waals surface area contributed by atoms with Gasteiger partial charge in [-0.25, -0.2) is 9.07 Å². The van der Waals surface area contributed by atoms with Gasteiger partial charge in [-0.15, -0.1) is 0 Å². The first-order valence-corrected chi connectivity index (χ1v) is 10.0. The average Bonchev–Trinajstić information content (AvgIpc) is 2.98. The van der Waals surface area contributed by atoms with E-state index < -0.39 is 6.10 Å². The number of rotatable bonds is 6. The molecule has 0 bridgehead atoms. The molecule has 5 nitrogen and oxygen atoms in total. The monoisotopic (exact) mass is 459 g/mol. The number of carbonyl (C=O) groups excluding carboxylic acids is 1. The maximum atomic E-state index is 13.2. The molecule has 1 atom stereocenters.